The zero-order valence-electron chi connectivity index (χ0n) is 11.8. The van der Waals surface area contributed by atoms with E-state index in [0.29, 0.717) is 19.6 Å². The van der Waals surface area contributed by atoms with Gasteiger partial charge in [0.25, 0.3) is 5.91 Å². The third kappa shape index (κ3) is 2.64. The van der Waals surface area contributed by atoms with Gasteiger partial charge in [0.15, 0.2) is 0 Å². The standard InChI is InChI=1S/C12H18N4O4/c1-4-15-11(10(5-13-15)16(18)19)12(17)14-6-8(2)20-9(3)7-14/h5,8-9H,4,6-7H2,1-3H3. The van der Waals surface area contributed by atoms with Crippen molar-refractivity contribution in [3.05, 3.63) is 22.0 Å². The lowest BCUT2D eigenvalue weighted by molar-refractivity contribution is -0.385. The smallest absolute Gasteiger partial charge is 0.320 e. The lowest BCUT2D eigenvalue weighted by Crippen LogP contribution is -2.48. The molecule has 1 saturated heterocycles. The van der Waals surface area contributed by atoms with Crippen LogP contribution in [0.2, 0.25) is 0 Å². The van der Waals surface area contributed by atoms with Crippen LogP contribution in [0.5, 0.6) is 0 Å². The first-order chi connectivity index (χ1) is 9.43. The number of carbonyl (C=O) groups excluding carboxylic acids is 1. The fourth-order valence-electron chi connectivity index (χ4n) is 2.46. The summed E-state index contributed by atoms with van der Waals surface area (Å²) >= 11 is 0. The van der Waals surface area contributed by atoms with Crippen LogP contribution in [0.4, 0.5) is 5.69 Å². The fourth-order valence-corrected chi connectivity index (χ4v) is 2.46. The van der Waals surface area contributed by atoms with Gasteiger partial charge in [0.2, 0.25) is 5.69 Å². The Hall–Kier alpha value is -1.96. The number of morpholine rings is 1. The molecule has 110 valence electrons. The van der Waals surface area contributed by atoms with Gasteiger partial charge in [0, 0.05) is 19.6 Å². The Labute approximate surface area is 116 Å². The maximum Gasteiger partial charge on any atom is 0.320 e. The highest BCUT2D eigenvalue weighted by Gasteiger charge is 2.33. The number of aryl methyl sites for hydroxylation is 1. The molecule has 0 aliphatic carbocycles. The molecule has 0 aromatic carbocycles. The molecule has 1 aromatic rings. The van der Waals surface area contributed by atoms with Crippen LogP contribution in [0.25, 0.3) is 0 Å². The topological polar surface area (TPSA) is 90.5 Å². The molecule has 8 heteroatoms. The van der Waals surface area contributed by atoms with E-state index in [-0.39, 0.29) is 29.5 Å². The van der Waals surface area contributed by atoms with Gasteiger partial charge in [-0.2, -0.15) is 5.10 Å². The van der Waals surface area contributed by atoms with Crippen molar-refractivity contribution in [1.82, 2.24) is 14.7 Å². The predicted molar refractivity (Wildman–Crippen MR) is 70.5 cm³/mol. The zero-order chi connectivity index (χ0) is 14.9. The summed E-state index contributed by atoms with van der Waals surface area (Å²) in [5.74, 6) is -0.363. The molecule has 2 heterocycles. The summed E-state index contributed by atoms with van der Waals surface area (Å²) in [7, 11) is 0. The quantitative estimate of drug-likeness (QED) is 0.610. The number of aromatic nitrogens is 2. The first-order valence-electron chi connectivity index (χ1n) is 6.59. The highest BCUT2D eigenvalue weighted by molar-refractivity contribution is 5.96. The fraction of sp³-hybridized carbons (Fsp3) is 0.667. The minimum Gasteiger partial charge on any atom is -0.372 e. The maximum atomic E-state index is 12.6. The van der Waals surface area contributed by atoms with Gasteiger partial charge in [-0.3, -0.25) is 19.6 Å². The number of nitro groups is 1. The summed E-state index contributed by atoms with van der Waals surface area (Å²) in [6.07, 6.45) is 0.962. The molecular weight excluding hydrogens is 264 g/mol. The second-order valence-electron chi connectivity index (χ2n) is 4.92. The second-order valence-corrected chi connectivity index (χ2v) is 4.92. The number of hydrogen-bond acceptors (Lipinski definition) is 5. The number of ether oxygens (including phenoxy) is 1. The van der Waals surface area contributed by atoms with Gasteiger partial charge in [-0.1, -0.05) is 0 Å². The van der Waals surface area contributed by atoms with E-state index in [2.05, 4.69) is 5.10 Å². The van der Waals surface area contributed by atoms with Crippen molar-refractivity contribution in [2.45, 2.75) is 39.5 Å². The van der Waals surface area contributed by atoms with Gasteiger partial charge in [0.05, 0.1) is 17.1 Å². The van der Waals surface area contributed by atoms with Gasteiger partial charge < -0.3 is 9.64 Å². The van der Waals surface area contributed by atoms with Crippen molar-refractivity contribution in [3.8, 4) is 0 Å². The Bertz CT molecular complexity index is 518. The summed E-state index contributed by atoms with van der Waals surface area (Å²) in [4.78, 5) is 24.6. The Kier molecular flexibility index (Phi) is 4.03. The van der Waals surface area contributed by atoms with Crippen molar-refractivity contribution < 1.29 is 14.5 Å². The molecule has 2 rings (SSSR count). The van der Waals surface area contributed by atoms with E-state index in [4.69, 9.17) is 4.74 Å². The van der Waals surface area contributed by atoms with E-state index in [1.165, 1.54) is 4.68 Å². The second kappa shape index (κ2) is 5.58. The number of rotatable bonds is 3. The molecule has 0 radical (unpaired) electrons. The largest absolute Gasteiger partial charge is 0.372 e. The Balaban J connectivity index is 2.32. The minimum absolute atomic E-state index is 0.0406. The van der Waals surface area contributed by atoms with Crippen molar-refractivity contribution in [2.24, 2.45) is 0 Å². The van der Waals surface area contributed by atoms with Gasteiger partial charge in [-0.15, -0.1) is 0 Å². The van der Waals surface area contributed by atoms with E-state index in [9.17, 15) is 14.9 Å². The first-order valence-corrected chi connectivity index (χ1v) is 6.59. The molecule has 0 spiro atoms. The normalized spacial score (nSPS) is 22.9. The van der Waals surface area contributed by atoms with Crippen LogP contribution in [0.1, 0.15) is 31.3 Å². The van der Waals surface area contributed by atoms with Crippen LogP contribution < -0.4 is 0 Å². The molecule has 1 aliphatic rings. The van der Waals surface area contributed by atoms with Crippen LogP contribution in [0, 0.1) is 10.1 Å². The van der Waals surface area contributed by atoms with Gasteiger partial charge in [-0.05, 0) is 20.8 Å². The maximum absolute atomic E-state index is 12.6. The highest BCUT2D eigenvalue weighted by atomic mass is 16.6. The molecule has 2 atom stereocenters. The molecule has 1 aromatic heterocycles. The average molecular weight is 282 g/mol. The van der Waals surface area contributed by atoms with E-state index < -0.39 is 4.92 Å². The van der Waals surface area contributed by atoms with Gasteiger partial charge in [0.1, 0.15) is 6.20 Å². The number of nitrogens with zero attached hydrogens (tertiary/aromatic N) is 4. The number of amides is 1. The summed E-state index contributed by atoms with van der Waals surface area (Å²) in [6.45, 7) is 6.80. The SMILES string of the molecule is CCn1ncc([N+](=O)[O-])c1C(=O)N1CC(C)OC(C)C1. The lowest BCUT2D eigenvalue weighted by atomic mass is 10.2. The van der Waals surface area contributed by atoms with Crippen LogP contribution in [0.15, 0.2) is 6.20 Å². The third-order valence-electron chi connectivity index (χ3n) is 3.23. The first kappa shape index (κ1) is 14.4. The molecule has 1 aliphatic heterocycles. The summed E-state index contributed by atoms with van der Waals surface area (Å²) in [5.41, 5.74) is -0.206. The Morgan fingerprint density at radius 3 is 2.60 bits per heavy atom. The molecular formula is C12H18N4O4. The molecule has 1 amide bonds. The minimum atomic E-state index is -0.570. The van der Waals surface area contributed by atoms with Crippen LogP contribution in [-0.4, -0.2) is 50.8 Å². The van der Waals surface area contributed by atoms with E-state index in [1.54, 1.807) is 11.8 Å². The van der Waals surface area contributed by atoms with Crippen molar-refractivity contribution in [1.29, 1.82) is 0 Å². The molecule has 0 saturated carbocycles. The zero-order valence-corrected chi connectivity index (χ0v) is 11.8. The van der Waals surface area contributed by atoms with Crippen LogP contribution in [0.3, 0.4) is 0 Å². The van der Waals surface area contributed by atoms with E-state index >= 15 is 0 Å². The van der Waals surface area contributed by atoms with Crippen molar-refractivity contribution in [2.75, 3.05) is 13.1 Å². The number of carbonyl (C=O) groups is 1. The molecule has 1 fully saturated rings. The van der Waals surface area contributed by atoms with Crippen LogP contribution >= 0.6 is 0 Å². The van der Waals surface area contributed by atoms with Crippen LogP contribution in [-0.2, 0) is 11.3 Å². The number of hydrogen-bond donors (Lipinski definition) is 0. The highest BCUT2D eigenvalue weighted by Crippen LogP contribution is 2.22. The Morgan fingerprint density at radius 2 is 2.10 bits per heavy atom. The van der Waals surface area contributed by atoms with Gasteiger partial charge >= 0.3 is 5.69 Å². The summed E-state index contributed by atoms with van der Waals surface area (Å²) in [6, 6.07) is 0. The Morgan fingerprint density at radius 1 is 1.50 bits per heavy atom. The molecule has 20 heavy (non-hydrogen) atoms. The van der Waals surface area contributed by atoms with Crippen molar-refractivity contribution in [3.63, 3.8) is 0 Å². The summed E-state index contributed by atoms with van der Waals surface area (Å²) in [5, 5.41) is 14.9. The average Bonchev–Trinajstić information content (AvgIpc) is 2.80. The molecule has 0 N–H and O–H groups in total. The van der Waals surface area contributed by atoms with Gasteiger partial charge in [-0.25, -0.2) is 0 Å². The monoisotopic (exact) mass is 282 g/mol. The van der Waals surface area contributed by atoms with Crippen molar-refractivity contribution >= 4 is 11.6 Å². The molecule has 8 nitrogen and oxygen atoms in total. The molecule has 2 unspecified atom stereocenters. The van der Waals surface area contributed by atoms with E-state index in [1.807, 2.05) is 13.8 Å². The van der Waals surface area contributed by atoms with E-state index in [0.717, 1.165) is 6.20 Å². The molecule has 0 bridgehead atoms. The summed E-state index contributed by atoms with van der Waals surface area (Å²) < 4.78 is 6.93. The third-order valence-corrected chi connectivity index (χ3v) is 3.23. The lowest BCUT2D eigenvalue weighted by Gasteiger charge is -2.35. The predicted octanol–water partition coefficient (Wildman–Crippen LogP) is 1.06.